The summed E-state index contributed by atoms with van der Waals surface area (Å²) < 4.78 is 5.32. The van der Waals surface area contributed by atoms with Gasteiger partial charge in [0.2, 0.25) is 11.7 Å². The average Bonchev–Trinajstić information content (AvgIpc) is 3.08. The van der Waals surface area contributed by atoms with Gasteiger partial charge < -0.3 is 14.7 Å². The number of hydrogen-bond acceptors (Lipinski definition) is 4. The minimum Gasteiger partial charge on any atom is -0.357 e. The van der Waals surface area contributed by atoms with Crippen LogP contribution in [0.15, 0.2) is 33.8 Å². The Morgan fingerprint density at radius 2 is 2.20 bits per heavy atom. The van der Waals surface area contributed by atoms with E-state index < -0.39 is 0 Å². The molecule has 0 aliphatic rings. The Balaban J connectivity index is 1.95. The number of benzene rings is 1. The molecule has 2 aromatic rings. The van der Waals surface area contributed by atoms with Crippen molar-refractivity contribution in [3.8, 4) is 11.4 Å². The van der Waals surface area contributed by atoms with Crippen LogP contribution >= 0.6 is 11.6 Å². The van der Waals surface area contributed by atoms with Gasteiger partial charge >= 0.3 is 0 Å². The summed E-state index contributed by atoms with van der Waals surface area (Å²) >= 11 is 6.00. The number of unbranched alkanes of at least 4 members (excludes halogenated alkanes) is 1. The van der Waals surface area contributed by atoms with Gasteiger partial charge in [0.25, 0.3) is 0 Å². The maximum atomic E-state index is 6.00. The number of hydrogen-bond donors (Lipinski definition) is 1. The first-order chi connectivity index (χ1) is 12.1. The molecular formula is C18H26ClN5O. The van der Waals surface area contributed by atoms with Crippen LogP contribution in [-0.2, 0) is 6.42 Å². The highest BCUT2D eigenvalue weighted by molar-refractivity contribution is 6.30. The Morgan fingerprint density at radius 3 is 2.92 bits per heavy atom. The average molecular weight is 364 g/mol. The van der Waals surface area contributed by atoms with Gasteiger partial charge in [-0.3, -0.25) is 4.99 Å². The Hall–Kier alpha value is -2.08. The van der Waals surface area contributed by atoms with Gasteiger partial charge in [0.05, 0.1) is 6.54 Å². The van der Waals surface area contributed by atoms with E-state index in [2.05, 4.69) is 46.2 Å². The van der Waals surface area contributed by atoms with Crippen LogP contribution in [0.1, 0.15) is 32.6 Å². The first kappa shape index (κ1) is 19.2. The summed E-state index contributed by atoms with van der Waals surface area (Å²) in [5.41, 5.74) is 0.846. The predicted octanol–water partition coefficient (Wildman–Crippen LogP) is 3.63. The summed E-state index contributed by atoms with van der Waals surface area (Å²) in [5, 5.41) is 7.98. The molecule has 0 radical (unpaired) electrons. The van der Waals surface area contributed by atoms with Gasteiger partial charge in [0.15, 0.2) is 5.96 Å². The second-order valence-corrected chi connectivity index (χ2v) is 6.22. The molecule has 136 valence electrons. The Bertz CT molecular complexity index is 686. The van der Waals surface area contributed by atoms with Gasteiger partial charge in [0, 0.05) is 37.1 Å². The van der Waals surface area contributed by atoms with Gasteiger partial charge in [-0.15, -0.1) is 0 Å². The number of guanidine groups is 1. The fraction of sp³-hybridized carbons (Fsp3) is 0.500. The third-order valence-electron chi connectivity index (χ3n) is 3.68. The molecule has 1 heterocycles. The van der Waals surface area contributed by atoms with Crippen molar-refractivity contribution in [1.82, 2.24) is 20.4 Å². The molecule has 0 fully saturated rings. The maximum Gasteiger partial charge on any atom is 0.228 e. The lowest BCUT2D eigenvalue weighted by molar-refractivity contribution is 0.380. The number of aromatic nitrogens is 2. The molecule has 7 heteroatoms. The highest BCUT2D eigenvalue weighted by Crippen LogP contribution is 2.19. The van der Waals surface area contributed by atoms with Crippen molar-refractivity contribution >= 4 is 17.6 Å². The monoisotopic (exact) mass is 363 g/mol. The van der Waals surface area contributed by atoms with E-state index in [0.29, 0.717) is 29.7 Å². The summed E-state index contributed by atoms with van der Waals surface area (Å²) in [5.74, 6) is 2.03. The molecule has 0 bridgehead atoms. The van der Waals surface area contributed by atoms with Crippen LogP contribution < -0.4 is 5.32 Å². The van der Waals surface area contributed by atoms with Crippen LogP contribution in [0.2, 0.25) is 5.02 Å². The van der Waals surface area contributed by atoms with Gasteiger partial charge in [-0.2, -0.15) is 4.98 Å². The van der Waals surface area contributed by atoms with Gasteiger partial charge in [-0.1, -0.05) is 42.2 Å². The van der Waals surface area contributed by atoms with Gasteiger partial charge in [-0.05, 0) is 25.5 Å². The van der Waals surface area contributed by atoms with Gasteiger partial charge in [-0.25, -0.2) is 0 Å². The zero-order valence-electron chi connectivity index (χ0n) is 15.1. The van der Waals surface area contributed by atoms with E-state index in [4.69, 9.17) is 16.1 Å². The molecule has 0 atom stereocenters. The number of aliphatic imine (C=N–C) groups is 1. The van der Waals surface area contributed by atoms with E-state index >= 15 is 0 Å². The lowest BCUT2D eigenvalue weighted by atomic mass is 10.2. The van der Waals surface area contributed by atoms with E-state index in [-0.39, 0.29) is 0 Å². The van der Waals surface area contributed by atoms with Crippen molar-refractivity contribution in [3.05, 3.63) is 35.2 Å². The second kappa shape index (κ2) is 10.0. The van der Waals surface area contributed by atoms with Crippen molar-refractivity contribution in [2.45, 2.75) is 33.1 Å². The molecule has 0 aliphatic carbocycles. The van der Waals surface area contributed by atoms with Crippen molar-refractivity contribution in [2.24, 2.45) is 4.99 Å². The highest BCUT2D eigenvalue weighted by Gasteiger charge is 2.09. The van der Waals surface area contributed by atoms with Crippen LogP contribution in [0.25, 0.3) is 11.4 Å². The summed E-state index contributed by atoms with van der Waals surface area (Å²) in [4.78, 5) is 11.2. The molecule has 1 aromatic heterocycles. The molecule has 0 unspecified atom stereocenters. The van der Waals surface area contributed by atoms with Crippen molar-refractivity contribution in [1.29, 1.82) is 0 Å². The first-order valence-corrected chi connectivity index (χ1v) is 9.09. The molecule has 6 nitrogen and oxygen atoms in total. The summed E-state index contributed by atoms with van der Waals surface area (Å²) in [7, 11) is 2.06. The minimum atomic E-state index is 0.549. The molecule has 0 saturated heterocycles. The van der Waals surface area contributed by atoms with E-state index in [9.17, 15) is 0 Å². The fourth-order valence-corrected chi connectivity index (χ4v) is 2.52. The van der Waals surface area contributed by atoms with Crippen LogP contribution in [0.5, 0.6) is 0 Å². The van der Waals surface area contributed by atoms with Crippen LogP contribution in [0.3, 0.4) is 0 Å². The van der Waals surface area contributed by atoms with Crippen molar-refractivity contribution in [2.75, 3.05) is 26.7 Å². The SMILES string of the molecule is CCCCN(C)C(=NCCc1nc(-c2cccc(Cl)c2)no1)NCC. The molecule has 0 aliphatic heterocycles. The predicted molar refractivity (Wildman–Crippen MR) is 102 cm³/mol. The van der Waals surface area contributed by atoms with E-state index in [1.54, 1.807) is 0 Å². The lowest BCUT2D eigenvalue weighted by Gasteiger charge is -2.21. The standard InChI is InChI=1S/C18H26ClN5O/c1-4-6-12-24(3)18(20-5-2)21-11-10-16-22-17(23-25-16)14-8-7-9-15(19)13-14/h7-9,13H,4-6,10-12H2,1-3H3,(H,20,21). The Morgan fingerprint density at radius 1 is 1.36 bits per heavy atom. The van der Waals surface area contributed by atoms with E-state index in [1.165, 1.54) is 0 Å². The number of nitrogens with zero attached hydrogens (tertiary/aromatic N) is 4. The van der Waals surface area contributed by atoms with Crippen molar-refractivity contribution < 1.29 is 4.52 Å². The van der Waals surface area contributed by atoms with Crippen LogP contribution in [0.4, 0.5) is 0 Å². The molecule has 0 saturated carbocycles. The maximum absolute atomic E-state index is 6.00. The Labute approximate surface area is 154 Å². The Kier molecular flexibility index (Phi) is 7.73. The third-order valence-corrected chi connectivity index (χ3v) is 3.92. The fourth-order valence-electron chi connectivity index (χ4n) is 2.33. The lowest BCUT2D eigenvalue weighted by Crippen LogP contribution is -2.39. The van der Waals surface area contributed by atoms with Crippen LogP contribution in [0, 0.1) is 0 Å². The smallest absolute Gasteiger partial charge is 0.228 e. The molecule has 25 heavy (non-hydrogen) atoms. The molecule has 0 spiro atoms. The minimum absolute atomic E-state index is 0.549. The molecule has 1 N–H and O–H groups in total. The first-order valence-electron chi connectivity index (χ1n) is 8.72. The zero-order chi connectivity index (χ0) is 18.1. The molecule has 1 aromatic carbocycles. The topological polar surface area (TPSA) is 66.5 Å². The molecule has 2 rings (SSSR count). The summed E-state index contributed by atoms with van der Waals surface area (Å²) in [6.07, 6.45) is 2.91. The van der Waals surface area contributed by atoms with Crippen LogP contribution in [-0.4, -0.2) is 47.7 Å². The second-order valence-electron chi connectivity index (χ2n) is 5.78. The summed E-state index contributed by atoms with van der Waals surface area (Å²) in [6.45, 7) is 6.68. The quantitative estimate of drug-likeness (QED) is 0.573. The third kappa shape index (κ3) is 6.05. The van der Waals surface area contributed by atoms with E-state index in [1.807, 2.05) is 24.3 Å². The number of nitrogens with one attached hydrogen (secondary N) is 1. The van der Waals surface area contributed by atoms with Crippen molar-refractivity contribution in [3.63, 3.8) is 0 Å². The number of halogens is 1. The normalized spacial score (nSPS) is 11.6. The largest absolute Gasteiger partial charge is 0.357 e. The summed E-state index contributed by atoms with van der Waals surface area (Å²) in [6, 6.07) is 7.41. The molecular weight excluding hydrogens is 338 g/mol. The molecule has 0 amide bonds. The van der Waals surface area contributed by atoms with E-state index in [0.717, 1.165) is 37.5 Å². The van der Waals surface area contributed by atoms with Gasteiger partial charge in [0.1, 0.15) is 0 Å². The zero-order valence-corrected chi connectivity index (χ0v) is 15.9. The highest BCUT2D eigenvalue weighted by atomic mass is 35.5. The number of rotatable bonds is 8.